The van der Waals surface area contributed by atoms with Gasteiger partial charge in [-0.3, -0.25) is 4.79 Å². The molecule has 0 saturated carbocycles. The Morgan fingerprint density at radius 2 is 2.22 bits per heavy atom. The van der Waals surface area contributed by atoms with Gasteiger partial charge in [0.05, 0.1) is 0 Å². The molecule has 1 saturated heterocycles. The number of hydrogen-bond acceptors (Lipinski definition) is 2. The summed E-state index contributed by atoms with van der Waals surface area (Å²) in [4.78, 5) is 11.9. The van der Waals surface area contributed by atoms with E-state index in [1.54, 1.807) is 0 Å². The van der Waals surface area contributed by atoms with E-state index in [-0.39, 0.29) is 5.91 Å². The van der Waals surface area contributed by atoms with Gasteiger partial charge in [-0.15, -0.1) is 0 Å². The predicted molar refractivity (Wildman–Crippen MR) is 74.8 cm³/mol. The number of amides is 1. The van der Waals surface area contributed by atoms with Crippen LogP contribution in [-0.4, -0.2) is 19.0 Å². The second kappa shape index (κ2) is 6.01. The van der Waals surface area contributed by atoms with E-state index in [4.69, 9.17) is 0 Å². The van der Waals surface area contributed by atoms with Gasteiger partial charge in [-0.05, 0) is 69.0 Å². The second-order valence-corrected chi connectivity index (χ2v) is 5.26. The molecule has 1 aromatic rings. The van der Waals surface area contributed by atoms with Crippen molar-refractivity contribution in [1.82, 2.24) is 5.32 Å². The summed E-state index contributed by atoms with van der Waals surface area (Å²) in [5.74, 6) is 0.622. The Morgan fingerprint density at radius 3 is 2.89 bits per heavy atom. The Balaban J connectivity index is 1.88. The zero-order valence-electron chi connectivity index (χ0n) is 11.3. The number of benzene rings is 1. The molecular weight excluding hydrogens is 224 g/mol. The number of nitrogens with one attached hydrogen (secondary N) is 2. The van der Waals surface area contributed by atoms with Gasteiger partial charge in [0.15, 0.2) is 0 Å². The quantitative estimate of drug-likeness (QED) is 0.861. The third kappa shape index (κ3) is 3.57. The summed E-state index contributed by atoms with van der Waals surface area (Å²) < 4.78 is 0. The molecule has 1 atom stereocenters. The lowest BCUT2D eigenvalue weighted by molar-refractivity contribution is -0.117. The molecule has 0 bridgehead atoms. The van der Waals surface area contributed by atoms with E-state index in [0.717, 1.165) is 25.2 Å². The van der Waals surface area contributed by atoms with Crippen molar-refractivity contribution in [3.8, 4) is 0 Å². The van der Waals surface area contributed by atoms with E-state index < -0.39 is 0 Å². The number of aryl methyl sites for hydroxylation is 2. The first-order valence-electron chi connectivity index (χ1n) is 6.73. The number of carbonyl (C=O) groups is 1. The third-order valence-electron chi connectivity index (χ3n) is 3.66. The highest BCUT2D eigenvalue weighted by molar-refractivity contribution is 5.91. The molecule has 0 spiro atoms. The van der Waals surface area contributed by atoms with Gasteiger partial charge in [0, 0.05) is 12.1 Å². The van der Waals surface area contributed by atoms with Crippen molar-refractivity contribution in [2.75, 3.05) is 18.4 Å². The molecule has 3 heteroatoms. The van der Waals surface area contributed by atoms with E-state index >= 15 is 0 Å². The van der Waals surface area contributed by atoms with Crippen molar-refractivity contribution in [2.45, 2.75) is 33.1 Å². The minimum Gasteiger partial charge on any atom is -0.326 e. The number of piperidine rings is 1. The van der Waals surface area contributed by atoms with Crippen LogP contribution in [0.4, 0.5) is 5.69 Å². The zero-order chi connectivity index (χ0) is 13.0. The molecule has 1 heterocycles. The van der Waals surface area contributed by atoms with Crippen LogP contribution in [0.2, 0.25) is 0 Å². The lowest BCUT2D eigenvalue weighted by Gasteiger charge is -2.22. The topological polar surface area (TPSA) is 41.1 Å². The van der Waals surface area contributed by atoms with Crippen molar-refractivity contribution >= 4 is 11.6 Å². The highest BCUT2D eigenvalue weighted by atomic mass is 16.1. The lowest BCUT2D eigenvalue weighted by Crippen LogP contribution is -2.32. The standard InChI is InChI=1S/C15H22N2O/c1-11-5-6-14(8-12(11)2)17-15(18)9-13-4-3-7-16-10-13/h5-6,8,13,16H,3-4,7,9-10H2,1-2H3,(H,17,18). The largest absolute Gasteiger partial charge is 0.326 e. The average Bonchev–Trinajstić information content (AvgIpc) is 2.35. The van der Waals surface area contributed by atoms with Crippen LogP contribution in [0.5, 0.6) is 0 Å². The molecule has 18 heavy (non-hydrogen) atoms. The van der Waals surface area contributed by atoms with Gasteiger partial charge in [-0.2, -0.15) is 0 Å². The Bertz CT molecular complexity index is 423. The van der Waals surface area contributed by atoms with Gasteiger partial charge >= 0.3 is 0 Å². The van der Waals surface area contributed by atoms with Crippen molar-refractivity contribution in [3.63, 3.8) is 0 Å². The van der Waals surface area contributed by atoms with Crippen LogP contribution in [0.25, 0.3) is 0 Å². The molecule has 1 aromatic carbocycles. The molecule has 2 N–H and O–H groups in total. The fourth-order valence-corrected chi connectivity index (χ4v) is 2.39. The van der Waals surface area contributed by atoms with Crippen LogP contribution in [-0.2, 0) is 4.79 Å². The van der Waals surface area contributed by atoms with Crippen molar-refractivity contribution in [3.05, 3.63) is 29.3 Å². The summed E-state index contributed by atoms with van der Waals surface area (Å²) in [5, 5.41) is 6.33. The van der Waals surface area contributed by atoms with Crippen LogP contribution in [0.1, 0.15) is 30.4 Å². The smallest absolute Gasteiger partial charge is 0.224 e. The summed E-state index contributed by atoms with van der Waals surface area (Å²) in [6, 6.07) is 6.05. The Morgan fingerprint density at radius 1 is 1.39 bits per heavy atom. The van der Waals surface area contributed by atoms with E-state index in [2.05, 4.69) is 24.5 Å². The Labute approximate surface area is 109 Å². The molecule has 2 rings (SSSR count). The minimum absolute atomic E-state index is 0.131. The second-order valence-electron chi connectivity index (χ2n) is 5.26. The normalized spacial score (nSPS) is 19.6. The van der Waals surface area contributed by atoms with Crippen LogP contribution in [0.15, 0.2) is 18.2 Å². The van der Waals surface area contributed by atoms with Gasteiger partial charge < -0.3 is 10.6 Å². The Hall–Kier alpha value is -1.35. The lowest BCUT2D eigenvalue weighted by atomic mass is 9.96. The first kappa shape index (κ1) is 13.1. The average molecular weight is 246 g/mol. The van der Waals surface area contributed by atoms with Crippen LogP contribution < -0.4 is 10.6 Å². The van der Waals surface area contributed by atoms with Crippen LogP contribution in [0, 0.1) is 19.8 Å². The molecule has 1 unspecified atom stereocenters. The molecule has 98 valence electrons. The zero-order valence-corrected chi connectivity index (χ0v) is 11.3. The van der Waals surface area contributed by atoms with Gasteiger partial charge in [0.1, 0.15) is 0 Å². The first-order valence-corrected chi connectivity index (χ1v) is 6.73. The van der Waals surface area contributed by atoms with Gasteiger partial charge in [0.2, 0.25) is 5.91 Å². The maximum Gasteiger partial charge on any atom is 0.224 e. The Kier molecular flexibility index (Phi) is 4.37. The summed E-state index contributed by atoms with van der Waals surface area (Å²) in [7, 11) is 0. The van der Waals surface area contributed by atoms with E-state index in [1.807, 2.05) is 18.2 Å². The predicted octanol–water partition coefficient (Wildman–Crippen LogP) is 2.63. The monoisotopic (exact) mass is 246 g/mol. The fraction of sp³-hybridized carbons (Fsp3) is 0.533. The third-order valence-corrected chi connectivity index (χ3v) is 3.66. The summed E-state index contributed by atoms with van der Waals surface area (Å²) in [5.41, 5.74) is 3.38. The molecule has 1 fully saturated rings. The van der Waals surface area contributed by atoms with Gasteiger partial charge in [0.25, 0.3) is 0 Å². The maximum atomic E-state index is 11.9. The SMILES string of the molecule is Cc1ccc(NC(=O)CC2CCCNC2)cc1C. The molecule has 1 aliphatic heterocycles. The minimum atomic E-state index is 0.131. The summed E-state index contributed by atoms with van der Waals surface area (Å²) in [6.45, 7) is 6.21. The molecule has 3 nitrogen and oxygen atoms in total. The summed E-state index contributed by atoms with van der Waals surface area (Å²) >= 11 is 0. The fourth-order valence-electron chi connectivity index (χ4n) is 2.39. The number of rotatable bonds is 3. The van der Waals surface area contributed by atoms with Crippen molar-refractivity contribution in [1.29, 1.82) is 0 Å². The maximum absolute atomic E-state index is 11.9. The molecule has 0 aliphatic carbocycles. The van der Waals surface area contributed by atoms with Crippen LogP contribution in [0.3, 0.4) is 0 Å². The number of hydrogen-bond donors (Lipinski definition) is 2. The van der Waals surface area contributed by atoms with Crippen molar-refractivity contribution < 1.29 is 4.79 Å². The molecule has 1 aliphatic rings. The highest BCUT2D eigenvalue weighted by Gasteiger charge is 2.16. The molecular formula is C15H22N2O. The van der Waals surface area contributed by atoms with E-state index in [9.17, 15) is 4.79 Å². The van der Waals surface area contributed by atoms with Crippen LogP contribution >= 0.6 is 0 Å². The molecule has 0 aromatic heterocycles. The first-order chi connectivity index (χ1) is 8.65. The molecule has 0 radical (unpaired) electrons. The van der Waals surface area contributed by atoms with Gasteiger partial charge in [-0.1, -0.05) is 6.07 Å². The summed E-state index contributed by atoms with van der Waals surface area (Å²) in [6.07, 6.45) is 2.97. The van der Waals surface area contributed by atoms with Crippen molar-refractivity contribution in [2.24, 2.45) is 5.92 Å². The van der Waals surface area contributed by atoms with E-state index in [0.29, 0.717) is 12.3 Å². The number of carbonyl (C=O) groups excluding carboxylic acids is 1. The van der Waals surface area contributed by atoms with E-state index in [1.165, 1.54) is 17.5 Å². The molecule has 1 amide bonds. The van der Waals surface area contributed by atoms with Gasteiger partial charge in [-0.25, -0.2) is 0 Å². The number of anilines is 1. The highest BCUT2D eigenvalue weighted by Crippen LogP contribution is 2.17.